The third kappa shape index (κ3) is 2.72. The number of aryl methyl sites for hydroxylation is 1. The first-order chi connectivity index (χ1) is 8.61. The van der Waals surface area contributed by atoms with E-state index in [-0.39, 0.29) is 5.78 Å². The van der Waals surface area contributed by atoms with Gasteiger partial charge in [0.25, 0.3) is 0 Å². The Labute approximate surface area is 120 Å². The maximum absolute atomic E-state index is 12.4. The molecule has 0 aliphatic heterocycles. The molecule has 18 heavy (non-hydrogen) atoms. The monoisotopic (exact) mass is 352 g/mol. The van der Waals surface area contributed by atoms with E-state index in [1.807, 2.05) is 49.4 Å². The van der Waals surface area contributed by atoms with E-state index in [1.165, 1.54) is 0 Å². The van der Waals surface area contributed by atoms with Gasteiger partial charge in [0.2, 0.25) is 0 Å². The zero-order valence-electron chi connectivity index (χ0n) is 10.2. The third-order valence-corrected chi connectivity index (χ3v) is 3.43. The fourth-order valence-corrected chi connectivity index (χ4v) is 2.12. The first-order valence-corrected chi connectivity index (χ1v) is 6.64. The lowest BCUT2D eigenvalue weighted by Gasteiger charge is -2.08. The molecule has 0 unspecified atom stereocenters. The van der Waals surface area contributed by atoms with Gasteiger partial charge in [0.05, 0.1) is 12.7 Å². The van der Waals surface area contributed by atoms with Gasteiger partial charge < -0.3 is 4.74 Å². The number of benzene rings is 2. The average molecular weight is 352 g/mol. The van der Waals surface area contributed by atoms with Crippen LogP contribution in [0.3, 0.4) is 0 Å². The summed E-state index contributed by atoms with van der Waals surface area (Å²) in [6.45, 7) is 1.96. The smallest absolute Gasteiger partial charge is 0.196 e. The summed E-state index contributed by atoms with van der Waals surface area (Å²) in [5, 5.41) is 0. The minimum Gasteiger partial charge on any atom is -0.496 e. The normalized spacial score (nSPS) is 10.2. The van der Waals surface area contributed by atoms with Gasteiger partial charge in [-0.3, -0.25) is 4.79 Å². The quantitative estimate of drug-likeness (QED) is 0.620. The molecule has 0 heterocycles. The van der Waals surface area contributed by atoms with E-state index in [1.54, 1.807) is 7.11 Å². The molecule has 0 aliphatic carbocycles. The summed E-state index contributed by atoms with van der Waals surface area (Å²) >= 11 is 2.22. The highest BCUT2D eigenvalue weighted by Gasteiger charge is 2.14. The third-order valence-electron chi connectivity index (χ3n) is 2.71. The van der Waals surface area contributed by atoms with Crippen LogP contribution in [0, 0.1) is 10.5 Å². The number of carbonyl (C=O) groups is 1. The summed E-state index contributed by atoms with van der Waals surface area (Å²) in [5.41, 5.74) is 2.34. The molecule has 0 spiro atoms. The van der Waals surface area contributed by atoms with E-state index < -0.39 is 0 Å². The van der Waals surface area contributed by atoms with Crippen molar-refractivity contribution >= 4 is 28.4 Å². The maximum atomic E-state index is 12.4. The minimum atomic E-state index is -0.00745. The Hall–Kier alpha value is -1.36. The molecule has 2 rings (SSSR count). The van der Waals surface area contributed by atoms with Gasteiger partial charge >= 0.3 is 0 Å². The SMILES string of the molecule is COc1ccc(C)cc1C(=O)c1ccc(I)cc1. The molecule has 0 aliphatic rings. The van der Waals surface area contributed by atoms with Crippen molar-refractivity contribution < 1.29 is 9.53 Å². The Bertz CT molecular complexity index is 574. The highest BCUT2D eigenvalue weighted by Crippen LogP contribution is 2.23. The van der Waals surface area contributed by atoms with Gasteiger partial charge in [-0.2, -0.15) is 0 Å². The van der Waals surface area contributed by atoms with Crippen LogP contribution in [0.1, 0.15) is 21.5 Å². The van der Waals surface area contributed by atoms with Crippen LogP contribution in [0.5, 0.6) is 5.75 Å². The van der Waals surface area contributed by atoms with Crippen LogP contribution in [0.4, 0.5) is 0 Å². The average Bonchev–Trinajstić information content (AvgIpc) is 2.39. The fraction of sp³-hybridized carbons (Fsp3) is 0.133. The van der Waals surface area contributed by atoms with Gasteiger partial charge in [0.1, 0.15) is 5.75 Å². The van der Waals surface area contributed by atoms with Crippen molar-refractivity contribution in [2.75, 3.05) is 7.11 Å². The molecular weight excluding hydrogens is 339 g/mol. The molecule has 0 aromatic heterocycles. The lowest BCUT2D eigenvalue weighted by atomic mass is 10.0. The molecular formula is C15H13IO2. The van der Waals surface area contributed by atoms with E-state index >= 15 is 0 Å². The second-order valence-corrected chi connectivity index (χ2v) is 5.29. The number of methoxy groups -OCH3 is 1. The van der Waals surface area contributed by atoms with Crippen LogP contribution < -0.4 is 4.74 Å². The number of hydrogen-bond donors (Lipinski definition) is 0. The Balaban J connectivity index is 2.45. The van der Waals surface area contributed by atoms with Crippen molar-refractivity contribution in [3.63, 3.8) is 0 Å². The van der Waals surface area contributed by atoms with Crippen LogP contribution in [-0.4, -0.2) is 12.9 Å². The van der Waals surface area contributed by atoms with Crippen molar-refractivity contribution in [3.8, 4) is 5.75 Å². The van der Waals surface area contributed by atoms with E-state index in [4.69, 9.17) is 4.74 Å². The molecule has 0 radical (unpaired) electrons. The van der Waals surface area contributed by atoms with Crippen LogP contribution in [0.25, 0.3) is 0 Å². The number of rotatable bonds is 3. The van der Waals surface area contributed by atoms with E-state index in [9.17, 15) is 4.79 Å². The number of ketones is 1. The number of halogens is 1. The summed E-state index contributed by atoms with van der Waals surface area (Å²) in [6.07, 6.45) is 0. The molecule has 2 aromatic rings. The largest absolute Gasteiger partial charge is 0.496 e. The van der Waals surface area contributed by atoms with Crippen LogP contribution in [0.15, 0.2) is 42.5 Å². The van der Waals surface area contributed by atoms with Gasteiger partial charge in [0, 0.05) is 9.13 Å². The predicted molar refractivity (Wildman–Crippen MR) is 80.3 cm³/mol. The molecule has 0 amide bonds. The van der Waals surface area contributed by atoms with Gasteiger partial charge in [-0.25, -0.2) is 0 Å². The molecule has 92 valence electrons. The van der Waals surface area contributed by atoms with Crippen LogP contribution >= 0.6 is 22.6 Å². The molecule has 2 aromatic carbocycles. The predicted octanol–water partition coefficient (Wildman–Crippen LogP) is 3.84. The Kier molecular flexibility index (Phi) is 4.01. The van der Waals surface area contributed by atoms with E-state index in [2.05, 4.69) is 22.6 Å². The lowest BCUT2D eigenvalue weighted by Crippen LogP contribution is -2.04. The molecule has 0 saturated carbocycles. The lowest BCUT2D eigenvalue weighted by molar-refractivity contribution is 0.103. The molecule has 3 heteroatoms. The van der Waals surface area contributed by atoms with E-state index in [0.29, 0.717) is 16.9 Å². The maximum Gasteiger partial charge on any atom is 0.196 e. The second kappa shape index (κ2) is 5.52. The Morgan fingerprint density at radius 1 is 1.11 bits per heavy atom. The van der Waals surface area contributed by atoms with Gasteiger partial charge in [0.15, 0.2) is 5.78 Å². The molecule has 0 atom stereocenters. The molecule has 2 nitrogen and oxygen atoms in total. The van der Waals surface area contributed by atoms with Crippen molar-refractivity contribution in [1.82, 2.24) is 0 Å². The Morgan fingerprint density at radius 2 is 1.78 bits per heavy atom. The second-order valence-electron chi connectivity index (χ2n) is 4.04. The van der Waals surface area contributed by atoms with Gasteiger partial charge in [-0.1, -0.05) is 11.6 Å². The summed E-state index contributed by atoms with van der Waals surface area (Å²) < 4.78 is 6.36. The van der Waals surface area contributed by atoms with Crippen molar-refractivity contribution in [2.45, 2.75) is 6.92 Å². The zero-order chi connectivity index (χ0) is 13.1. The van der Waals surface area contributed by atoms with E-state index in [0.717, 1.165) is 9.13 Å². The first-order valence-electron chi connectivity index (χ1n) is 5.56. The summed E-state index contributed by atoms with van der Waals surface area (Å²) in [4.78, 5) is 12.4. The highest BCUT2D eigenvalue weighted by atomic mass is 127. The topological polar surface area (TPSA) is 26.3 Å². The van der Waals surface area contributed by atoms with Crippen LogP contribution in [0.2, 0.25) is 0 Å². The zero-order valence-corrected chi connectivity index (χ0v) is 12.4. The summed E-state index contributed by atoms with van der Waals surface area (Å²) in [7, 11) is 1.58. The van der Waals surface area contributed by atoms with Crippen LogP contribution in [-0.2, 0) is 0 Å². The standard InChI is InChI=1S/C15H13IO2/c1-10-3-8-14(18-2)13(9-10)15(17)11-4-6-12(16)7-5-11/h3-9H,1-2H3. The first kappa shape index (κ1) is 13.1. The van der Waals surface area contributed by atoms with Crippen molar-refractivity contribution in [2.24, 2.45) is 0 Å². The fourth-order valence-electron chi connectivity index (χ4n) is 1.76. The minimum absolute atomic E-state index is 0.00745. The van der Waals surface area contributed by atoms with Crippen molar-refractivity contribution in [3.05, 3.63) is 62.7 Å². The Morgan fingerprint density at radius 3 is 2.39 bits per heavy atom. The molecule has 0 bridgehead atoms. The molecule has 0 N–H and O–H groups in total. The van der Waals surface area contributed by atoms with Gasteiger partial charge in [-0.15, -0.1) is 0 Å². The highest BCUT2D eigenvalue weighted by molar-refractivity contribution is 14.1. The molecule has 0 saturated heterocycles. The summed E-state index contributed by atoms with van der Waals surface area (Å²) in [6, 6.07) is 13.2. The number of hydrogen-bond acceptors (Lipinski definition) is 2. The number of ether oxygens (including phenoxy) is 1. The molecule has 0 fully saturated rings. The summed E-state index contributed by atoms with van der Waals surface area (Å²) in [5.74, 6) is 0.608. The van der Waals surface area contributed by atoms with Crippen molar-refractivity contribution in [1.29, 1.82) is 0 Å². The van der Waals surface area contributed by atoms with Gasteiger partial charge in [-0.05, 0) is 65.9 Å². The number of carbonyl (C=O) groups excluding carboxylic acids is 1.